The molecule has 88 valence electrons. The summed E-state index contributed by atoms with van der Waals surface area (Å²) in [5.41, 5.74) is 6.46. The summed E-state index contributed by atoms with van der Waals surface area (Å²) in [6.45, 7) is 0. The Morgan fingerprint density at radius 2 is 2.00 bits per heavy atom. The van der Waals surface area contributed by atoms with Gasteiger partial charge in [0.15, 0.2) is 0 Å². The van der Waals surface area contributed by atoms with Gasteiger partial charge in [0, 0.05) is 4.47 Å². The van der Waals surface area contributed by atoms with Crippen molar-refractivity contribution >= 4 is 32.7 Å². The number of nitrogens with two attached hydrogens (primary N) is 1. The molecule has 0 aliphatic heterocycles. The minimum atomic E-state index is -0.981. The van der Waals surface area contributed by atoms with Crippen molar-refractivity contribution in [2.75, 3.05) is 0 Å². The number of aliphatic carboxylic acids is 1. The smallest absolute Gasteiger partial charge is 0.320 e. The van der Waals surface area contributed by atoms with E-state index in [0.29, 0.717) is 6.42 Å². The fourth-order valence-electron chi connectivity index (χ4n) is 1.76. The van der Waals surface area contributed by atoms with Crippen molar-refractivity contribution in [1.82, 2.24) is 0 Å². The van der Waals surface area contributed by atoms with Gasteiger partial charge >= 0.3 is 5.97 Å². The number of halogens is 1. The summed E-state index contributed by atoms with van der Waals surface area (Å²) in [6, 6.07) is 11.0. The van der Waals surface area contributed by atoms with Crippen LogP contribution >= 0.6 is 15.9 Å². The Kier molecular flexibility index (Phi) is 3.45. The summed E-state index contributed by atoms with van der Waals surface area (Å²) in [5.74, 6) is -0.981. The third-order valence-corrected chi connectivity index (χ3v) is 3.64. The van der Waals surface area contributed by atoms with Crippen LogP contribution in [0.3, 0.4) is 0 Å². The zero-order valence-corrected chi connectivity index (χ0v) is 10.6. The summed E-state index contributed by atoms with van der Waals surface area (Å²) in [7, 11) is 0. The summed E-state index contributed by atoms with van der Waals surface area (Å²) in [4.78, 5) is 10.7. The quantitative estimate of drug-likeness (QED) is 0.914. The summed E-state index contributed by atoms with van der Waals surface area (Å²) in [5, 5.41) is 11.0. The van der Waals surface area contributed by atoms with E-state index in [1.807, 2.05) is 36.4 Å². The Hall–Kier alpha value is -1.39. The van der Waals surface area contributed by atoms with Gasteiger partial charge in [0.2, 0.25) is 0 Å². The molecule has 3 nitrogen and oxygen atoms in total. The molecule has 2 aromatic carbocycles. The second-order valence-electron chi connectivity index (χ2n) is 3.91. The van der Waals surface area contributed by atoms with Gasteiger partial charge in [-0.15, -0.1) is 0 Å². The maximum absolute atomic E-state index is 10.7. The number of carboxylic acid groups (broad SMARTS) is 1. The van der Waals surface area contributed by atoms with Gasteiger partial charge in [0.1, 0.15) is 6.04 Å². The van der Waals surface area contributed by atoms with Crippen LogP contribution in [0.2, 0.25) is 0 Å². The molecule has 0 saturated carbocycles. The number of rotatable bonds is 3. The van der Waals surface area contributed by atoms with Crippen molar-refractivity contribution in [3.05, 3.63) is 46.4 Å². The maximum atomic E-state index is 10.7. The molecule has 0 heterocycles. The fraction of sp³-hybridized carbons (Fsp3) is 0.154. The largest absolute Gasteiger partial charge is 0.480 e. The highest BCUT2D eigenvalue weighted by atomic mass is 79.9. The summed E-state index contributed by atoms with van der Waals surface area (Å²) < 4.78 is 0.923. The number of hydrogen-bond acceptors (Lipinski definition) is 2. The van der Waals surface area contributed by atoms with Crippen LogP contribution in [0.1, 0.15) is 5.56 Å². The monoisotopic (exact) mass is 293 g/mol. The standard InChI is InChI=1S/C13H12BrNO2/c14-12-9(7-11(15)13(16)17)6-5-8-3-1-2-4-10(8)12/h1-6,11H,7,15H2,(H,16,17)/t11-/m0/s1. The van der Waals surface area contributed by atoms with Gasteiger partial charge in [0.25, 0.3) is 0 Å². The lowest BCUT2D eigenvalue weighted by Crippen LogP contribution is -2.32. The van der Waals surface area contributed by atoms with Crippen LogP contribution in [0.5, 0.6) is 0 Å². The fourth-order valence-corrected chi connectivity index (χ4v) is 2.42. The molecular weight excluding hydrogens is 282 g/mol. The Bertz CT molecular complexity index is 568. The number of benzene rings is 2. The van der Waals surface area contributed by atoms with Crippen LogP contribution < -0.4 is 5.73 Å². The molecule has 0 radical (unpaired) electrons. The molecule has 0 fully saturated rings. The lowest BCUT2D eigenvalue weighted by molar-refractivity contribution is -0.138. The van der Waals surface area contributed by atoms with Crippen LogP contribution in [0.25, 0.3) is 10.8 Å². The lowest BCUT2D eigenvalue weighted by atomic mass is 10.0. The first-order valence-electron chi connectivity index (χ1n) is 5.24. The van der Waals surface area contributed by atoms with E-state index in [1.165, 1.54) is 0 Å². The van der Waals surface area contributed by atoms with E-state index >= 15 is 0 Å². The molecule has 17 heavy (non-hydrogen) atoms. The molecular formula is C13H12BrNO2. The van der Waals surface area contributed by atoms with E-state index < -0.39 is 12.0 Å². The van der Waals surface area contributed by atoms with E-state index in [1.54, 1.807) is 0 Å². The first-order chi connectivity index (χ1) is 8.09. The van der Waals surface area contributed by atoms with Gasteiger partial charge in [-0.25, -0.2) is 0 Å². The molecule has 0 spiro atoms. The van der Waals surface area contributed by atoms with E-state index in [-0.39, 0.29) is 0 Å². The van der Waals surface area contributed by atoms with Gasteiger partial charge < -0.3 is 10.8 Å². The second-order valence-corrected chi connectivity index (χ2v) is 4.70. The zero-order valence-electron chi connectivity index (χ0n) is 9.06. The van der Waals surface area contributed by atoms with Crippen molar-refractivity contribution in [3.63, 3.8) is 0 Å². The molecule has 0 aromatic heterocycles. The Labute approximate surface area is 107 Å². The van der Waals surface area contributed by atoms with Gasteiger partial charge in [-0.05, 0) is 38.7 Å². The first-order valence-corrected chi connectivity index (χ1v) is 6.03. The third-order valence-electron chi connectivity index (χ3n) is 2.70. The predicted octanol–water partition coefficient (Wildman–Crippen LogP) is 2.56. The molecule has 2 rings (SSSR count). The highest BCUT2D eigenvalue weighted by Crippen LogP contribution is 2.28. The molecule has 0 saturated heterocycles. The molecule has 0 amide bonds. The molecule has 3 N–H and O–H groups in total. The van der Waals surface area contributed by atoms with Crippen molar-refractivity contribution in [3.8, 4) is 0 Å². The Morgan fingerprint density at radius 1 is 1.29 bits per heavy atom. The Balaban J connectivity index is 2.42. The summed E-state index contributed by atoms with van der Waals surface area (Å²) in [6.07, 6.45) is 0.320. The van der Waals surface area contributed by atoms with Crippen LogP contribution in [-0.2, 0) is 11.2 Å². The molecule has 0 aliphatic carbocycles. The lowest BCUT2D eigenvalue weighted by Gasteiger charge is -2.10. The molecule has 0 aliphatic rings. The van der Waals surface area contributed by atoms with E-state index in [0.717, 1.165) is 20.8 Å². The highest BCUT2D eigenvalue weighted by molar-refractivity contribution is 9.10. The average Bonchev–Trinajstić information content (AvgIpc) is 2.33. The third kappa shape index (κ3) is 2.48. The highest BCUT2D eigenvalue weighted by Gasteiger charge is 2.14. The number of carboxylic acids is 1. The number of carbonyl (C=O) groups is 1. The molecule has 0 bridgehead atoms. The molecule has 2 aromatic rings. The van der Waals surface area contributed by atoms with Gasteiger partial charge in [-0.3, -0.25) is 4.79 Å². The van der Waals surface area contributed by atoms with Crippen LogP contribution in [0.4, 0.5) is 0 Å². The van der Waals surface area contributed by atoms with Gasteiger partial charge in [0.05, 0.1) is 0 Å². The van der Waals surface area contributed by atoms with Crippen molar-refractivity contribution in [2.45, 2.75) is 12.5 Å². The summed E-state index contributed by atoms with van der Waals surface area (Å²) >= 11 is 3.51. The first kappa shape index (κ1) is 12.1. The molecule has 1 atom stereocenters. The minimum absolute atomic E-state index is 0.320. The molecule has 0 unspecified atom stereocenters. The second kappa shape index (κ2) is 4.85. The predicted molar refractivity (Wildman–Crippen MR) is 71.0 cm³/mol. The minimum Gasteiger partial charge on any atom is -0.480 e. The van der Waals surface area contributed by atoms with Crippen molar-refractivity contribution in [1.29, 1.82) is 0 Å². The molecule has 4 heteroatoms. The van der Waals surface area contributed by atoms with Crippen LogP contribution in [0, 0.1) is 0 Å². The van der Waals surface area contributed by atoms with E-state index in [9.17, 15) is 4.79 Å². The Morgan fingerprint density at radius 3 is 2.71 bits per heavy atom. The number of hydrogen-bond donors (Lipinski definition) is 2. The van der Waals surface area contributed by atoms with Crippen LogP contribution in [0.15, 0.2) is 40.9 Å². The zero-order chi connectivity index (χ0) is 12.4. The number of fused-ring (bicyclic) bond motifs is 1. The van der Waals surface area contributed by atoms with Crippen molar-refractivity contribution in [2.24, 2.45) is 5.73 Å². The van der Waals surface area contributed by atoms with Gasteiger partial charge in [-0.2, -0.15) is 0 Å². The van der Waals surface area contributed by atoms with Gasteiger partial charge in [-0.1, -0.05) is 36.4 Å². The van der Waals surface area contributed by atoms with E-state index in [2.05, 4.69) is 15.9 Å². The average molecular weight is 294 g/mol. The normalized spacial score (nSPS) is 12.6. The van der Waals surface area contributed by atoms with E-state index in [4.69, 9.17) is 10.8 Å². The topological polar surface area (TPSA) is 63.3 Å². The van der Waals surface area contributed by atoms with Crippen molar-refractivity contribution < 1.29 is 9.90 Å². The SMILES string of the molecule is N[C@@H](Cc1ccc2ccccc2c1Br)C(=O)O. The van der Waals surface area contributed by atoms with Crippen LogP contribution in [-0.4, -0.2) is 17.1 Å². The maximum Gasteiger partial charge on any atom is 0.320 e.